The maximum atomic E-state index is 2.66. The molecule has 0 amide bonds. The van der Waals surface area contributed by atoms with Gasteiger partial charge in [-0.2, -0.15) is 0 Å². The van der Waals surface area contributed by atoms with Crippen molar-refractivity contribution >= 4 is 0 Å². The molecule has 0 heterocycles. The van der Waals surface area contributed by atoms with Gasteiger partial charge in [-0.05, 0) is 66.6 Å². The van der Waals surface area contributed by atoms with Gasteiger partial charge in [-0.15, -0.1) is 0 Å². The summed E-state index contributed by atoms with van der Waals surface area (Å²) >= 11 is 0. The summed E-state index contributed by atoms with van der Waals surface area (Å²) in [4.78, 5) is 0. The Morgan fingerprint density at radius 3 is 2.24 bits per heavy atom. The van der Waals surface area contributed by atoms with E-state index in [4.69, 9.17) is 0 Å². The van der Waals surface area contributed by atoms with Crippen LogP contribution in [0, 0.1) is 28.1 Å². The second-order valence-electron chi connectivity index (χ2n) is 8.54. The fraction of sp³-hybridized carbons (Fsp3) is 1.00. The highest BCUT2D eigenvalue weighted by Gasteiger charge is 2.59. The maximum absolute atomic E-state index is 2.66. The Bertz CT molecular complexity index is 312. The molecule has 4 unspecified atom stereocenters. The van der Waals surface area contributed by atoms with Gasteiger partial charge >= 0.3 is 0 Å². The topological polar surface area (TPSA) is 0 Å². The fourth-order valence-electron chi connectivity index (χ4n) is 6.44. The zero-order valence-corrected chi connectivity index (χ0v) is 12.3. The van der Waals surface area contributed by atoms with Crippen LogP contribution >= 0.6 is 0 Å². The van der Waals surface area contributed by atoms with Gasteiger partial charge in [0.2, 0.25) is 0 Å². The highest BCUT2D eigenvalue weighted by molar-refractivity contribution is 5.08. The largest absolute Gasteiger partial charge is 0.0596 e. The molecule has 0 bridgehead atoms. The molecule has 0 aliphatic heterocycles. The van der Waals surface area contributed by atoms with Crippen LogP contribution in [0.25, 0.3) is 0 Å². The summed E-state index contributed by atoms with van der Waals surface area (Å²) in [5.74, 6) is 2.04. The molecular weight excluding hydrogens is 204 g/mol. The normalized spacial score (nSPS) is 52.9. The van der Waals surface area contributed by atoms with Crippen LogP contribution in [0.3, 0.4) is 0 Å². The van der Waals surface area contributed by atoms with Gasteiger partial charge < -0.3 is 0 Å². The SMILES string of the molecule is CC1(C)CCCC2(C)C1CCC1(C)CCCC12. The molecular formula is C17H30. The summed E-state index contributed by atoms with van der Waals surface area (Å²) in [5, 5.41) is 0. The smallest absolute Gasteiger partial charge is 0.0259 e. The molecule has 3 saturated carbocycles. The van der Waals surface area contributed by atoms with Gasteiger partial charge in [-0.25, -0.2) is 0 Å². The third kappa shape index (κ3) is 1.55. The van der Waals surface area contributed by atoms with Crippen LogP contribution in [0.1, 0.15) is 79.1 Å². The van der Waals surface area contributed by atoms with Crippen molar-refractivity contribution < 1.29 is 0 Å². The minimum atomic E-state index is 0.608. The van der Waals surface area contributed by atoms with Crippen LogP contribution in [0.4, 0.5) is 0 Å². The Morgan fingerprint density at radius 2 is 1.47 bits per heavy atom. The average Bonchev–Trinajstić information content (AvgIpc) is 2.60. The van der Waals surface area contributed by atoms with E-state index in [2.05, 4.69) is 27.7 Å². The number of hydrogen-bond acceptors (Lipinski definition) is 0. The van der Waals surface area contributed by atoms with E-state index in [1.54, 1.807) is 0 Å². The molecule has 3 rings (SSSR count). The number of hydrogen-bond donors (Lipinski definition) is 0. The highest BCUT2D eigenvalue weighted by Crippen LogP contribution is 2.68. The molecule has 0 aromatic heterocycles. The van der Waals surface area contributed by atoms with Crippen LogP contribution in [0.5, 0.6) is 0 Å². The Morgan fingerprint density at radius 1 is 0.706 bits per heavy atom. The van der Waals surface area contributed by atoms with Crippen LogP contribution in [-0.2, 0) is 0 Å². The maximum Gasteiger partial charge on any atom is -0.0259 e. The second kappa shape index (κ2) is 3.52. The first-order valence-electron chi connectivity index (χ1n) is 7.89. The van der Waals surface area contributed by atoms with Gasteiger partial charge in [0.05, 0.1) is 0 Å². The molecule has 3 aliphatic rings. The molecule has 4 atom stereocenters. The summed E-state index contributed by atoms with van der Waals surface area (Å²) in [6.07, 6.45) is 12.0. The summed E-state index contributed by atoms with van der Waals surface area (Å²) < 4.78 is 0. The third-order valence-corrected chi connectivity index (χ3v) is 7.16. The third-order valence-electron chi connectivity index (χ3n) is 7.16. The van der Waals surface area contributed by atoms with Gasteiger partial charge in [0, 0.05) is 0 Å². The van der Waals surface area contributed by atoms with Crippen molar-refractivity contribution in [3.05, 3.63) is 0 Å². The second-order valence-corrected chi connectivity index (χ2v) is 8.54. The summed E-state index contributed by atoms with van der Waals surface area (Å²) in [6, 6.07) is 0. The molecule has 0 nitrogen and oxygen atoms in total. The predicted molar refractivity (Wildman–Crippen MR) is 73.9 cm³/mol. The van der Waals surface area contributed by atoms with E-state index in [0.29, 0.717) is 16.2 Å². The molecule has 0 heteroatoms. The Balaban J connectivity index is 1.98. The molecule has 0 spiro atoms. The van der Waals surface area contributed by atoms with Crippen molar-refractivity contribution in [1.82, 2.24) is 0 Å². The van der Waals surface area contributed by atoms with Gasteiger partial charge in [-0.1, -0.05) is 40.5 Å². The van der Waals surface area contributed by atoms with Crippen molar-refractivity contribution in [2.75, 3.05) is 0 Å². The summed E-state index contributed by atoms with van der Waals surface area (Å²) in [7, 11) is 0. The molecule has 98 valence electrons. The summed E-state index contributed by atoms with van der Waals surface area (Å²) in [5.41, 5.74) is 1.99. The summed E-state index contributed by atoms with van der Waals surface area (Å²) in [6.45, 7) is 10.4. The van der Waals surface area contributed by atoms with Gasteiger partial charge in [0.25, 0.3) is 0 Å². The molecule has 3 fully saturated rings. The quantitative estimate of drug-likeness (QED) is 0.525. The molecule has 17 heavy (non-hydrogen) atoms. The highest BCUT2D eigenvalue weighted by atomic mass is 14.6. The minimum absolute atomic E-state index is 0.608. The standard InChI is InChI=1S/C17H30/c1-15(2)9-6-11-17(4)13(15)8-12-16(3)10-5-7-14(16)17/h13-14H,5-12H2,1-4H3. The van der Waals surface area contributed by atoms with E-state index in [0.717, 1.165) is 11.8 Å². The molecule has 0 aromatic carbocycles. The van der Waals surface area contributed by atoms with Crippen LogP contribution in [0.2, 0.25) is 0 Å². The lowest BCUT2D eigenvalue weighted by Crippen LogP contribution is -2.53. The van der Waals surface area contributed by atoms with Gasteiger partial charge in [0.1, 0.15) is 0 Å². The van der Waals surface area contributed by atoms with Crippen molar-refractivity contribution in [2.45, 2.75) is 79.1 Å². The fourth-order valence-corrected chi connectivity index (χ4v) is 6.44. The lowest BCUT2D eigenvalue weighted by atomic mass is 9.44. The van der Waals surface area contributed by atoms with Crippen molar-refractivity contribution in [2.24, 2.45) is 28.1 Å². The van der Waals surface area contributed by atoms with Crippen molar-refractivity contribution in [1.29, 1.82) is 0 Å². The lowest BCUT2D eigenvalue weighted by molar-refractivity contribution is -0.116. The monoisotopic (exact) mass is 234 g/mol. The Kier molecular flexibility index (Phi) is 2.49. The van der Waals surface area contributed by atoms with Crippen molar-refractivity contribution in [3.63, 3.8) is 0 Å². The van der Waals surface area contributed by atoms with Gasteiger partial charge in [0.15, 0.2) is 0 Å². The predicted octanol–water partition coefficient (Wildman–Crippen LogP) is 5.42. The van der Waals surface area contributed by atoms with Gasteiger partial charge in [-0.3, -0.25) is 0 Å². The number of rotatable bonds is 0. The Hall–Kier alpha value is 0. The van der Waals surface area contributed by atoms with E-state index < -0.39 is 0 Å². The minimum Gasteiger partial charge on any atom is -0.0596 e. The zero-order chi connectivity index (χ0) is 12.3. The van der Waals surface area contributed by atoms with E-state index in [1.165, 1.54) is 51.4 Å². The van der Waals surface area contributed by atoms with Crippen molar-refractivity contribution in [3.8, 4) is 0 Å². The lowest BCUT2D eigenvalue weighted by Gasteiger charge is -2.61. The molecule has 0 radical (unpaired) electrons. The van der Waals surface area contributed by atoms with Crippen LogP contribution in [0.15, 0.2) is 0 Å². The van der Waals surface area contributed by atoms with E-state index >= 15 is 0 Å². The average molecular weight is 234 g/mol. The molecule has 0 aromatic rings. The first kappa shape index (κ1) is 12.1. The van der Waals surface area contributed by atoms with Crippen LogP contribution in [-0.4, -0.2) is 0 Å². The molecule has 0 N–H and O–H groups in total. The number of fused-ring (bicyclic) bond motifs is 3. The zero-order valence-electron chi connectivity index (χ0n) is 12.3. The Labute approximate surface area is 108 Å². The van der Waals surface area contributed by atoms with E-state index in [9.17, 15) is 0 Å². The van der Waals surface area contributed by atoms with Crippen LogP contribution < -0.4 is 0 Å². The van der Waals surface area contributed by atoms with E-state index in [1.807, 2.05) is 0 Å². The molecule has 0 saturated heterocycles. The van der Waals surface area contributed by atoms with E-state index in [-0.39, 0.29) is 0 Å². The first-order valence-corrected chi connectivity index (χ1v) is 7.89. The first-order chi connectivity index (χ1) is 7.89. The molecule has 3 aliphatic carbocycles.